The smallest absolute Gasteiger partial charge is 0.270 e. The Balaban J connectivity index is 2.01. The highest BCUT2D eigenvalue weighted by atomic mass is 35.5. The summed E-state index contributed by atoms with van der Waals surface area (Å²) in [6.07, 6.45) is 1.58. The number of aromatic nitrogens is 3. The van der Waals surface area contributed by atoms with Gasteiger partial charge in [-0.2, -0.15) is 4.98 Å². The van der Waals surface area contributed by atoms with Crippen molar-refractivity contribution in [2.24, 2.45) is 0 Å². The molecular weight excluding hydrogens is 307 g/mol. The highest BCUT2D eigenvalue weighted by Gasteiger charge is 2.15. The van der Waals surface area contributed by atoms with Crippen LogP contribution in [0.4, 0.5) is 5.13 Å². The van der Waals surface area contributed by atoms with E-state index in [1.807, 2.05) is 0 Å². The molecule has 2 heterocycles. The SMILES string of the molecule is Nc1ncc(-c2nc(-c3ccc(Cl)cc3Cl)no2)s1. The zero-order valence-corrected chi connectivity index (χ0v) is 11.6. The molecule has 19 heavy (non-hydrogen) atoms. The predicted molar refractivity (Wildman–Crippen MR) is 75.3 cm³/mol. The van der Waals surface area contributed by atoms with E-state index < -0.39 is 0 Å². The Labute approximate surface area is 122 Å². The third-order valence-electron chi connectivity index (χ3n) is 2.33. The van der Waals surface area contributed by atoms with E-state index >= 15 is 0 Å². The summed E-state index contributed by atoms with van der Waals surface area (Å²) in [5.41, 5.74) is 6.21. The first-order chi connectivity index (χ1) is 9.13. The van der Waals surface area contributed by atoms with Crippen LogP contribution >= 0.6 is 34.5 Å². The monoisotopic (exact) mass is 312 g/mol. The molecule has 3 rings (SSSR count). The lowest BCUT2D eigenvalue weighted by Gasteiger charge is -1.98. The minimum Gasteiger partial charge on any atom is -0.375 e. The molecule has 2 N–H and O–H groups in total. The van der Waals surface area contributed by atoms with E-state index in [9.17, 15) is 0 Å². The summed E-state index contributed by atoms with van der Waals surface area (Å²) in [5.74, 6) is 0.749. The summed E-state index contributed by atoms with van der Waals surface area (Å²) < 4.78 is 5.17. The molecule has 0 aliphatic carbocycles. The summed E-state index contributed by atoms with van der Waals surface area (Å²) in [6, 6.07) is 5.07. The van der Waals surface area contributed by atoms with E-state index in [1.54, 1.807) is 24.4 Å². The molecule has 1 aromatic carbocycles. The van der Waals surface area contributed by atoms with Gasteiger partial charge in [0.1, 0.15) is 4.88 Å². The highest BCUT2D eigenvalue weighted by Crippen LogP contribution is 2.31. The Morgan fingerprint density at radius 2 is 2.11 bits per heavy atom. The lowest BCUT2D eigenvalue weighted by molar-refractivity contribution is 0.433. The number of anilines is 1. The standard InChI is InChI=1S/C11H6Cl2N4OS/c12-5-1-2-6(7(13)3-5)9-16-10(18-17-9)8-4-15-11(14)19-8/h1-4H,(H2,14,15). The molecule has 0 radical (unpaired) electrons. The Morgan fingerprint density at radius 3 is 2.79 bits per heavy atom. The number of nitrogens with zero attached hydrogens (tertiary/aromatic N) is 3. The Hall–Kier alpha value is -1.63. The van der Waals surface area contributed by atoms with E-state index in [4.69, 9.17) is 33.5 Å². The minimum atomic E-state index is 0.357. The Kier molecular flexibility index (Phi) is 3.14. The fraction of sp³-hybridized carbons (Fsp3) is 0. The first kappa shape index (κ1) is 12.4. The highest BCUT2D eigenvalue weighted by molar-refractivity contribution is 7.18. The number of hydrogen-bond donors (Lipinski definition) is 1. The molecule has 0 aliphatic rings. The molecule has 0 aliphatic heterocycles. The normalized spacial score (nSPS) is 10.8. The largest absolute Gasteiger partial charge is 0.375 e. The van der Waals surface area contributed by atoms with Crippen LogP contribution in [0, 0.1) is 0 Å². The van der Waals surface area contributed by atoms with Crippen molar-refractivity contribution in [3.8, 4) is 22.2 Å². The van der Waals surface area contributed by atoms with Gasteiger partial charge in [-0.25, -0.2) is 4.98 Å². The molecule has 0 spiro atoms. The van der Waals surface area contributed by atoms with Gasteiger partial charge in [0.15, 0.2) is 5.13 Å². The maximum Gasteiger partial charge on any atom is 0.270 e. The topological polar surface area (TPSA) is 77.8 Å². The number of halogens is 2. The van der Waals surface area contributed by atoms with Crippen LogP contribution in [0.2, 0.25) is 10.0 Å². The third-order valence-corrected chi connectivity index (χ3v) is 3.69. The molecule has 0 saturated carbocycles. The van der Waals surface area contributed by atoms with E-state index in [-0.39, 0.29) is 0 Å². The summed E-state index contributed by atoms with van der Waals surface area (Å²) in [4.78, 5) is 8.90. The predicted octanol–water partition coefficient (Wildman–Crippen LogP) is 3.75. The first-order valence-electron chi connectivity index (χ1n) is 5.14. The van der Waals surface area contributed by atoms with Gasteiger partial charge in [-0.05, 0) is 18.2 Å². The minimum absolute atomic E-state index is 0.357. The molecule has 8 heteroatoms. The zero-order valence-electron chi connectivity index (χ0n) is 9.30. The van der Waals surface area contributed by atoms with Gasteiger partial charge in [0.25, 0.3) is 5.89 Å². The zero-order chi connectivity index (χ0) is 13.4. The average Bonchev–Trinajstić information content (AvgIpc) is 2.97. The molecule has 0 amide bonds. The fourth-order valence-electron chi connectivity index (χ4n) is 1.49. The summed E-state index contributed by atoms with van der Waals surface area (Å²) in [7, 11) is 0. The van der Waals surface area contributed by atoms with Crippen molar-refractivity contribution in [2.75, 3.05) is 5.73 Å². The van der Waals surface area contributed by atoms with Gasteiger partial charge in [-0.15, -0.1) is 0 Å². The number of hydrogen-bond acceptors (Lipinski definition) is 6. The molecule has 0 unspecified atom stereocenters. The third kappa shape index (κ3) is 2.42. The van der Waals surface area contributed by atoms with Gasteiger partial charge in [0.2, 0.25) is 5.82 Å². The number of nitrogen functional groups attached to an aromatic ring is 1. The second kappa shape index (κ2) is 4.80. The molecule has 96 valence electrons. The molecule has 5 nitrogen and oxygen atoms in total. The van der Waals surface area contributed by atoms with Gasteiger partial charge < -0.3 is 10.3 Å². The molecule has 0 saturated heterocycles. The van der Waals surface area contributed by atoms with Crippen LogP contribution in [0.25, 0.3) is 22.2 Å². The summed E-state index contributed by atoms with van der Waals surface area (Å²) in [6.45, 7) is 0. The van der Waals surface area contributed by atoms with Crippen LogP contribution in [0.3, 0.4) is 0 Å². The van der Waals surface area contributed by atoms with E-state index in [0.717, 1.165) is 0 Å². The summed E-state index contributed by atoms with van der Waals surface area (Å²) >= 11 is 13.2. The second-order valence-corrected chi connectivity index (χ2v) is 5.52. The lowest BCUT2D eigenvalue weighted by Crippen LogP contribution is -1.82. The van der Waals surface area contributed by atoms with Gasteiger partial charge in [0.05, 0.1) is 11.2 Å². The second-order valence-electron chi connectivity index (χ2n) is 3.61. The summed E-state index contributed by atoms with van der Waals surface area (Å²) in [5, 5.41) is 5.34. The Bertz CT molecular complexity index is 740. The van der Waals surface area contributed by atoms with Crippen LogP contribution in [-0.4, -0.2) is 15.1 Å². The molecular formula is C11H6Cl2N4OS. The van der Waals surface area contributed by atoms with E-state index in [2.05, 4.69) is 15.1 Å². The molecule has 3 aromatic rings. The van der Waals surface area contributed by atoms with E-state index in [1.165, 1.54) is 11.3 Å². The average molecular weight is 313 g/mol. The van der Waals surface area contributed by atoms with Crippen LogP contribution in [0.1, 0.15) is 0 Å². The first-order valence-corrected chi connectivity index (χ1v) is 6.71. The van der Waals surface area contributed by atoms with Crippen LogP contribution < -0.4 is 5.73 Å². The van der Waals surface area contributed by atoms with Crippen molar-refractivity contribution in [2.45, 2.75) is 0 Å². The van der Waals surface area contributed by atoms with Crippen LogP contribution in [0.15, 0.2) is 28.9 Å². The van der Waals surface area contributed by atoms with Crippen LogP contribution in [-0.2, 0) is 0 Å². The van der Waals surface area contributed by atoms with E-state index in [0.29, 0.717) is 37.3 Å². The Morgan fingerprint density at radius 1 is 1.26 bits per heavy atom. The van der Waals surface area contributed by atoms with Crippen LogP contribution in [0.5, 0.6) is 0 Å². The quantitative estimate of drug-likeness (QED) is 0.779. The van der Waals surface area contributed by atoms with Gasteiger partial charge in [0, 0.05) is 10.6 Å². The van der Waals surface area contributed by atoms with Crippen molar-refractivity contribution >= 4 is 39.7 Å². The van der Waals surface area contributed by atoms with Gasteiger partial charge in [-0.1, -0.05) is 39.7 Å². The molecule has 0 bridgehead atoms. The van der Waals surface area contributed by atoms with Crippen molar-refractivity contribution < 1.29 is 4.52 Å². The molecule has 0 atom stereocenters. The maximum atomic E-state index is 6.09. The van der Waals surface area contributed by atoms with Crippen molar-refractivity contribution in [3.63, 3.8) is 0 Å². The van der Waals surface area contributed by atoms with Crippen molar-refractivity contribution in [1.82, 2.24) is 15.1 Å². The maximum absolute atomic E-state index is 6.09. The van der Waals surface area contributed by atoms with Gasteiger partial charge >= 0.3 is 0 Å². The lowest BCUT2D eigenvalue weighted by atomic mass is 10.2. The number of nitrogens with two attached hydrogens (primary N) is 1. The molecule has 0 fully saturated rings. The fourth-order valence-corrected chi connectivity index (χ4v) is 2.59. The number of benzene rings is 1. The number of rotatable bonds is 2. The van der Waals surface area contributed by atoms with Crippen molar-refractivity contribution in [3.05, 3.63) is 34.4 Å². The number of thiazole rings is 1. The van der Waals surface area contributed by atoms with Crippen molar-refractivity contribution in [1.29, 1.82) is 0 Å². The van der Waals surface area contributed by atoms with Gasteiger partial charge in [-0.3, -0.25) is 0 Å². The molecule has 2 aromatic heterocycles.